The minimum atomic E-state index is 0.0131. The van der Waals surface area contributed by atoms with E-state index in [1.165, 1.54) is 107 Å². The molecule has 2 heterocycles. The van der Waals surface area contributed by atoms with Crippen molar-refractivity contribution < 1.29 is 14.9 Å². The van der Waals surface area contributed by atoms with Crippen molar-refractivity contribution in [2.24, 2.45) is 45.3 Å². The van der Waals surface area contributed by atoms with Crippen molar-refractivity contribution in [3.05, 3.63) is 77.4 Å². The third-order valence-corrected chi connectivity index (χ3v) is 19.4. The van der Waals surface area contributed by atoms with Crippen molar-refractivity contribution >= 4 is 10.8 Å². The molecule has 6 aliphatic carbocycles. The molecule has 8 aliphatic rings. The van der Waals surface area contributed by atoms with E-state index in [0.717, 1.165) is 55.6 Å². The fourth-order valence-corrected chi connectivity index (χ4v) is 17.2. The average molecular weight is 758 g/mol. The van der Waals surface area contributed by atoms with E-state index in [1.807, 2.05) is 17.7 Å². The first-order chi connectivity index (χ1) is 27.2. The Labute approximate surface area is 338 Å². The molecule has 5 fully saturated rings. The number of aromatic hydroxyl groups is 1. The maximum Gasteiger partial charge on any atom is 0.116 e. The van der Waals surface area contributed by atoms with Gasteiger partial charge < -0.3 is 14.9 Å². The van der Waals surface area contributed by atoms with Crippen molar-refractivity contribution in [1.82, 2.24) is 4.90 Å². The second-order valence-corrected chi connectivity index (χ2v) is 21.0. The van der Waals surface area contributed by atoms with E-state index in [4.69, 9.17) is 4.74 Å². The number of phenols is 1. The Morgan fingerprint density at radius 3 is 2.68 bits per heavy atom. The predicted octanol–water partition coefficient (Wildman–Crippen LogP) is 12.1. The van der Waals surface area contributed by atoms with Gasteiger partial charge in [0.1, 0.15) is 5.75 Å². The highest BCUT2D eigenvalue weighted by Gasteiger charge is 2.87. The van der Waals surface area contributed by atoms with Crippen LogP contribution in [-0.4, -0.2) is 52.6 Å². The number of rotatable bonds is 13. The highest BCUT2D eigenvalue weighted by atomic mass is 16.5. The second kappa shape index (κ2) is 13.6. The zero-order valence-electron chi connectivity index (χ0n) is 35.3. The summed E-state index contributed by atoms with van der Waals surface area (Å²) in [5.74, 6) is 3.77. The Kier molecular flexibility index (Phi) is 9.17. The molecular formula is C52H71NO3. The van der Waals surface area contributed by atoms with Gasteiger partial charge in [-0.1, -0.05) is 93.3 Å². The second-order valence-electron chi connectivity index (χ2n) is 21.0. The molecule has 0 radical (unpaired) electrons. The standard InChI is InChI=1S/C52H71NO3/c1-5-38(40-14-15-42-32-44(55)17-16-41(42)31-40)11-6-7-29-56-30-21-43-13-8-23-48(43)33-37(3)51-27-18-36(2)46(51)34-52(48)47(51,4)22-10-24-50(52)26-20-45-39(12-9-28-54)19-25-49(45)35-53(49)50/h10,14-17,20,24,26,31-32,37-39,43,45,54-55H,5-9,11-13,18-19,21-23,25,27-30,33-35H2,1-4H3/t37-,38-,39+,43-,45-,47-,48-,49-,50+,51-,52+,53?/m1/s1. The van der Waals surface area contributed by atoms with Crippen LogP contribution in [0.1, 0.15) is 148 Å². The third kappa shape index (κ3) is 4.82. The highest BCUT2D eigenvalue weighted by Crippen LogP contribution is 2.90. The maximum atomic E-state index is 9.91. The van der Waals surface area contributed by atoms with Crippen molar-refractivity contribution in [1.29, 1.82) is 0 Å². The van der Waals surface area contributed by atoms with Gasteiger partial charge in [-0.15, -0.1) is 0 Å². The Morgan fingerprint density at radius 1 is 0.964 bits per heavy atom. The monoisotopic (exact) mass is 758 g/mol. The van der Waals surface area contributed by atoms with E-state index in [-0.39, 0.29) is 16.4 Å². The lowest BCUT2D eigenvalue weighted by atomic mass is 9.31. The first-order valence-corrected chi connectivity index (χ1v) is 23.4. The van der Waals surface area contributed by atoms with Crippen molar-refractivity contribution in [3.63, 3.8) is 0 Å². The number of hydrogen-bond donors (Lipinski definition) is 2. The summed E-state index contributed by atoms with van der Waals surface area (Å²) in [5.41, 5.74) is 6.63. The summed E-state index contributed by atoms with van der Waals surface area (Å²) in [6.07, 6.45) is 32.7. The Hall–Kier alpha value is -2.40. The zero-order chi connectivity index (χ0) is 38.6. The number of nitrogens with zero attached hydrogens (tertiary/aromatic N) is 1. The number of fused-ring (bicyclic) bond motifs is 2. The number of hydrogen-bond acceptors (Lipinski definition) is 4. The van der Waals surface area contributed by atoms with Crippen LogP contribution in [0.5, 0.6) is 5.75 Å². The average Bonchev–Trinajstić information content (AvgIpc) is 3.36. The summed E-state index contributed by atoms with van der Waals surface area (Å²) in [5, 5.41) is 22.0. The van der Waals surface area contributed by atoms with E-state index in [1.54, 1.807) is 11.6 Å². The van der Waals surface area contributed by atoms with Crippen LogP contribution in [0, 0.1) is 45.3 Å². The lowest BCUT2D eigenvalue weighted by Crippen LogP contribution is -2.73. The van der Waals surface area contributed by atoms with Crippen LogP contribution >= 0.6 is 0 Å². The molecule has 0 aromatic heterocycles. The van der Waals surface area contributed by atoms with E-state index in [0.29, 0.717) is 40.6 Å². The van der Waals surface area contributed by atoms with Gasteiger partial charge >= 0.3 is 0 Å². The van der Waals surface area contributed by atoms with Gasteiger partial charge in [0.15, 0.2) is 0 Å². The topological polar surface area (TPSA) is 52.7 Å². The van der Waals surface area contributed by atoms with E-state index in [9.17, 15) is 10.2 Å². The molecule has 2 bridgehead atoms. The number of phenolic OH excluding ortho intramolecular Hbond substituents is 1. The normalized spacial score (nSPS) is 43.1. The zero-order valence-corrected chi connectivity index (χ0v) is 35.3. The lowest BCUT2D eigenvalue weighted by Gasteiger charge is -2.74. The minimum absolute atomic E-state index is 0.0131. The van der Waals surface area contributed by atoms with Gasteiger partial charge in [0.25, 0.3) is 0 Å². The Bertz CT molecular complexity index is 1950. The third-order valence-electron chi connectivity index (χ3n) is 19.4. The molecule has 2 aromatic rings. The fourth-order valence-electron chi connectivity index (χ4n) is 17.2. The molecule has 302 valence electrons. The largest absolute Gasteiger partial charge is 0.508 e. The van der Waals surface area contributed by atoms with Gasteiger partial charge in [-0.05, 0) is 172 Å². The van der Waals surface area contributed by atoms with Gasteiger partial charge in [0.05, 0.1) is 5.54 Å². The van der Waals surface area contributed by atoms with Crippen LogP contribution in [-0.2, 0) is 4.74 Å². The molecule has 4 saturated carbocycles. The molecule has 0 amide bonds. The van der Waals surface area contributed by atoms with Crippen molar-refractivity contribution in [3.8, 4) is 5.75 Å². The molecule has 12 atom stereocenters. The van der Waals surface area contributed by atoms with Gasteiger partial charge in [-0.3, -0.25) is 4.90 Å². The molecule has 1 unspecified atom stereocenters. The molecule has 4 heteroatoms. The van der Waals surface area contributed by atoms with Crippen molar-refractivity contribution in [2.45, 2.75) is 154 Å². The molecule has 2 aromatic carbocycles. The number of aliphatic hydroxyl groups excluding tert-OH is 1. The molecule has 4 spiro atoms. The number of unbranched alkanes of at least 4 members (excludes halogenated alkanes) is 1. The van der Waals surface area contributed by atoms with Crippen LogP contribution in [0.3, 0.4) is 0 Å². The lowest BCUT2D eigenvalue weighted by molar-refractivity contribution is -0.231. The van der Waals surface area contributed by atoms with Crippen LogP contribution in [0.25, 0.3) is 10.8 Å². The molecule has 56 heavy (non-hydrogen) atoms. The molecule has 4 nitrogen and oxygen atoms in total. The molecule has 2 aliphatic heterocycles. The summed E-state index contributed by atoms with van der Waals surface area (Å²) < 4.78 is 6.65. The first kappa shape index (κ1) is 37.8. The van der Waals surface area contributed by atoms with Gasteiger partial charge in [-0.25, -0.2) is 0 Å². The van der Waals surface area contributed by atoms with E-state index in [2.05, 4.69) is 75.1 Å². The number of benzene rings is 2. The van der Waals surface area contributed by atoms with Crippen LogP contribution in [0.15, 0.2) is 71.8 Å². The minimum Gasteiger partial charge on any atom is -0.508 e. The molecule has 10 rings (SSSR count). The summed E-state index contributed by atoms with van der Waals surface area (Å²) in [6, 6.07) is 12.5. The quantitative estimate of drug-likeness (QED) is 0.121. The molecule has 1 saturated heterocycles. The van der Waals surface area contributed by atoms with Crippen LogP contribution < -0.4 is 0 Å². The summed E-state index contributed by atoms with van der Waals surface area (Å²) in [4.78, 5) is 3.12. The first-order valence-electron chi connectivity index (χ1n) is 23.4. The SMILES string of the molecule is CC[C@H](CCCCOCC[C@H]1CCC[C@@]12C[C@@H](C)[C@]13CCC(C)=C1C[C@@]21[C@]2(C=CC[C@@]13C)C=C[C@@H]1[C@@H](CCCO)CC[C@@]13CN32)c1ccc2cc(O)ccc2c1. The Balaban J connectivity index is 0.885. The van der Waals surface area contributed by atoms with Crippen molar-refractivity contribution in [2.75, 3.05) is 26.4 Å². The Morgan fingerprint density at radius 2 is 1.82 bits per heavy atom. The van der Waals surface area contributed by atoms with Gasteiger partial charge in [0, 0.05) is 42.7 Å². The summed E-state index contributed by atoms with van der Waals surface area (Å²) in [6.45, 7) is 13.8. The highest BCUT2D eigenvalue weighted by molar-refractivity contribution is 5.84. The van der Waals surface area contributed by atoms with Crippen LogP contribution in [0.4, 0.5) is 0 Å². The van der Waals surface area contributed by atoms with Gasteiger partial charge in [0.2, 0.25) is 0 Å². The predicted molar refractivity (Wildman–Crippen MR) is 229 cm³/mol. The molecular weight excluding hydrogens is 687 g/mol. The van der Waals surface area contributed by atoms with E-state index >= 15 is 0 Å². The maximum absolute atomic E-state index is 9.91. The fraction of sp³-hybridized carbons (Fsp3) is 0.692. The summed E-state index contributed by atoms with van der Waals surface area (Å²) >= 11 is 0. The summed E-state index contributed by atoms with van der Waals surface area (Å²) in [7, 11) is 0. The smallest absolute Gasteiger partial charge is 0.116 e. The number of allylic oxidation sites excluding steroid dienone is 3. The van der Waals surface area contributed by atoms with Crippen LogP contribution in [0.2, 0.25) is 0 Å². The number of ether oxygens (including phenoxy) is 1. The van der Waals surface area contributed by atoms with E-state index < -0.39 is 0 Å². The molecule has 2 N–H and O–H groups in total. The number of aliphatic hydroxyl groups is 1. The van der Waals surface area contributed by atoms with Gasteiger partial charge in [-0.2, -0.15) is 0 Å².